The van der Waals surface area contributed by atoms with Gasteiger partial charge in [-0.3, -0.25) is 0 Å². The summed E-state index contributed by atoms with van der Waals surface area (Å²) in [6.45, 7) is 6.30. The van der Waals surface area contributed by atoms with Crippen LogP contribution in [0.15, 0.2) is 0 Å². The van der Waals surface area contributed by atoms with Crippen LogP contribution in [-0.4, -0.2) is 24.9 Å². The number of unbranched alkanes of at least 4 members (excludes halogenated alkanes) is 1. The zero-order chi connectivity index (χ0) is 10.6. The van der Waals surface area contributed by atoms with Crippen LogP contribution in [0.5, 0.6) is 0 Å². The first kappa shape index (κ1) is 13.9. The van der Waals surface area contributed by atoms with Crippen molar-refractivity contribution in [2.24, 2.45) is 5.92 Å². The van der Waals surface area contributed by atoms with Crippen LogP contribution in [0.3, 0.4) is 0 Å². The van der Waals surface area contributed by atoms with Gasteiger partial charge >= 0.3 is 0 Å². The van der Waals surface area contributed by atoms with E-state index in [1.54, 1.807) is 0 Å². The van der Waals surface area contributed by atoms with Crippen LogP contribution in [0.25, 0.3) is 0 Å². The number of rotatable bonds is 10. The van der Waals surface area contributed by atoms with Crippen molar-refractivity contribution in [2.45, 2.75) is 52.4 Å². The number of aliphatic hydroxyl groups excluding tert-OH is 1. The van der Waals surface area contributed by atoms with Gasteiger partial charge in [-0.05, 0) is 25.2 Å². The molecule has 0 aliphatic heterocycles. The van der Waals surface area contributed by atoms with Gasteiger partial charge in [0.05, 0.1) is 0 Å². The van der Waals surface area contributed by atoms with Crippen LogP contribution in [0.1, 0.15) is 52.4 Å². The molecule has 0 aliphatic rings. The highest BCUT2D eigenvalue weighted by Crippen LogP contribution is 2.15. The Morgan fingerprint density at radius 3 is 2.43 bits per heavy atom. The second-order valence-electron chi connectivity index (χ2n) is 3.95. The van der Waals surface area contributed by atoms with Gasteiger partial charge in [0.25, 0.3) is 0 Å². The molecule has 0 aliphatic carbocycles. The van der Waals surface area contributed by atoms with E-state index in [4.69, 9.17) is 9.84 Å². The summed E-state index contributed by atoms with van der Waals surface area (Å²) in [5.41, 5.74) is 0. The van der Waals surface area contributed by atoms with Crippen LogP contribution >= 0.6 is 0 Å². The van der Waals surface area contributed by atoms with E-state index in [-0.39, 0.29) is 6.61 Å². The molecule has 0 amide bonds. The minimum atomic E-state index is 0.243. The standard InChI is InChI=1S/C12H26O2/c1-3-5-8-12(7-4-2)11-14-10-6-9-13/h12-13H,3-11H2,1-2H3. The predicted octanol–water partition coefficient (Wildman–Crippen LogP) is 2.99. The summed E-state index contributed by atoms with van der Waals surface area (Å²) in [6.07, 6.45) is 7.18. The molecule has 0 aromatic rings. The van der Waals surface area contributed by atoms with E-state index in [0.29, 0.717) is 6.61 Å². The van der Waals surface area contributed by atoms with Crippen molar-refractivity contribution < 1.29 is 9.84 Å². The molecule has 0 bridgehead atoms. The number of aliphatic hydroxyl groups is 1. The van der Waals surface area contributed by atoms with Gasteiger partial charge in [0.1, 0.15) is 0 Å². The highest BCUT2D eigenvalue weighted by molar-refractivity contribution is 4.57. The highest BCUT2D eigenvalue weighted by atomic mass is 16.5. The lowest BCUT2D eigenvalue weighted by Crippen LogP contribution is -2.11. The summed E-state index contributed by atoms with van der Waals surface area (Å²) >= 11 is 0. The van der Waals surface area contributed by atoms with E-state index in [2.05, 4.69) is 13.8 Å². The van der Waals surface area contributed by atoms with E-state index in [1.165, 1.54) is 32.1 Å². The Morgan fingerprint density at radius 2 is 1.86 bits per heavy atom. The van der Waals surface area contributed by atoms with Crippen molar-refractivity contribution in [3.8, 4) is 0 Å². The van der Waals surface area contributed by atoms with E-state index < -0.39 is 0 Å². The van der Waals surface area contributed by atoms with Crippen molar-refractivity contribution in [1.29, 1.82) is 0 Å². The fourth-order valence-corrected chi connectivity index (χ4v) is 1.63. The zero-order valence-corrected chi connectivity index (χ0v) is 9.80. The third-order valence-corrected chi connectivity index (χ3v) is 2.46. The van der Waals surface area contributed by atoms with Gasteiger partial charge in [0.15, 0.2) is 0 Å². The first-order valence-corrected chi connectivity index (χ1v) is 6.03. The maximum atomic E-state index is 8.60. The van der Waals surface area contributed by atoms with Gasteiger partial charge in [0, 0.05) is 19.8 Å². The molecule has 1 unspecified atom stereocenters. The third kappa shape index (κ3) is 8.52. The van der Waals surface area contributed by atoms with E-state index >= 15 is 0 Å². The Hall–Kier alpha value is -0.0800. The zero-order valence-electron chi connectivity index (χ0n) is 9.80. The molecule has 14 heavy (non-hydrogen) atoms. The van der Waals surface area contributed by atoms with Crippen LogP contribution in [-0.2, 0) is 4.74 Å². The minimum absolute atomic E-state index is 0.243. The predicted molar refractivity (Wildman–Crippen MR) is 60.4 cm³/mol. The SMILES string of the molecule is CCCCC(CCC)COCCCO. The maximum absolute atomic E-state index is 8.60. The third-order valence-electron chi connectivity index (χ3n) is 2.46. The lowest BCUT2D eigenvalue weighted by atomic mass is 9.98. The van der Waals surface area contributed by atoms with Gasteiger partial charge in [-0.1, -0.05) is 33.1 Å². The first-order chi connectivity index (χ1) is 6.85. The fourth-order valence-electron chi connectivity index (χ4n) is 1.63. The summed E-state index contributed by atoms with van der Waals surface area (Å²) in [5.74, 6) is 0.735. The fraction of sp³-hybridized carbons (Fsp3) is 1.00. The van der Waals surface area contributed by atoms with Crippen molar-refractivity contribution in [2.75, 3.05) is 19.8 Å². The highest BCUT2D eigenvalue weighted by Gasteiger charge is 2.06. The molecule has 86 valence electrons. The monoisotopic (exact) mass is 202 g/mol. The normalized spacial score (nSPS) is 13.1. The average Bonchev–Trinajstić information content (AvgIpc) is 2.20. The van der Waals surface area contributed by atoms with E-state index in [1.807, 2.05) is 0 Å². The Labute approximate surface area is 88.7 Å². The van der Waals surface area contributed by atoms with Gasteiger partial charge in [-0.15, -0.1) is 0 Å². The average molecular weight is 202 g/mol. The van der Waals surface area contributed by atoms with Crippen molar-refractivity contribution in [3.63, 3.8) is 0 Å². The molecule has 0 heterocycles. The lowest BCUT2D eigenvalue weighted by molar-refractivity contribution is 0.0803. The molecule has 2 heteroatoms. The molecule has 1 atom stereocenters. The smallest absolute Gasteiger partial charge is 0.0494 e. The van der Waals surface area contributed by atoms with Crippen LogP contribution < -0.4 is 0 Å². The van der Waals surface area contributed by atoms with Gasteiger partial charge in [-0.25, -0.2) is 0 Å². The molecule has 0 spiro atoms. The van der Waals surface area contributed by atoms with Crippen LogP contribution in [0, 0.1) is 5.92 Å². The molecule has 0 aromatic heterocycles. The Morgan fingerprint density at radius 1 is 1.07 bits per heavy atom. The Kier molecular flexibility index (Phi) is 10.9. The van der Waals surface area contributed by atoms with Gasteiger partial charge in [0.2, 0.25) is 0 Å². The minimum Gasteiger partial charge on any atom is -0.396 e. The molecule has 0 saturated carbocycles. The molecule has 0 aromatic carbocycles. The molecule has 2 nitrogen and oxygen atoms in total. The molecule has 0 radical (unpaired) electrons. The maximum Gasteiger partial charge on any atom is 0.0494 e. The number of ether oxygens (including phenoxy) is 1. The Bertz CT molecular complexity index is 104. The summed E-state index contributed by atoms with van der Waals surface area (Å²) in [5, 5.41) is 8.60. The Balaban J connectivity index is 3.40. The summed E-state index contributed by atoms with van der Waals surface area (Å²) in [4.78, 5) is 0. The largest absolute Gasteiger partial charge is 0.396 e. The van der Waals surface area contributed by atoms with Gasteiger partial charge in [-0.2, -0.15) is 0 Å². The van der Waals surface area contributed by atoms with E-state index in [9.17, 15) is 0 Å². The molecule has 1 N–H and O–H groups in total. The summed E-state index contributed by atoms with van der Waals surface area (Å²) in [7, 11) is 0. The van der Waals surface area contributed by atoms with Crippen molar-refractivity contribution >= 4 is 0 Å². The van der Waals surface area contributed by atoms with E-state index in [0.717, 1.165) is 18.9 Å². The lowest BCUT2D eigenvalue weighted by Gasteiger charge is -2.15. The summed E-state index contributed by atoms with van der Waals surface area (Å²) < 4.78 is 5.53. The molecule has 0 saturated heterocycles. The van der Waals surface area contributed by atoms with Crippen LogP contribution in [0.2, 0.25) is 0 Å². The molecular weight excluding hydrogens is 176 g/mol. The van der Waals surface area contributed by atoms with Crippen LogP contribution in [0.4, 0.5) is 0 Å². The second-order valence-corrected chi connectivity index (χ2v) is 3.95. The van der Waals surface area contributed by atoms with Crippen molar-refractivity contribution in [3.05, 3.63) is 0 Å². The second kappa shape index (κ2) is 11.0. The number of hydrogen-bond donors (Lipinski definition) is 1. The van der Waals surface area contributed by atoms with Gasteiger partial charge < -0.3 is 9.84 Å². The molecule has 0 fully saturated rings. The quantitative estimate of drug-likeness (QED) is 0.552. The molecular formula is C12H26O2. The summed E-state index contributed by atoms with van der Waals surface area (Å²) in [6, 6.07) is 0. The topological polar surface area (TPSA) is 29.5 Å². The van der Waals surface area contributed by atoms with Crippen molar-refractivity contribution in [1.82, 2.24) is 0 Å². The number of hydrogen-bond acceptors (Lipinski definition) is 2. The molecule has 0 rings (SSSR count). The first-order valence-electron chi connectivity index (χ1n) is 6.03.